The molecule has 3 fully saturated rings. The number of carbonyl (C=O) groups is 2. The van der Waals surface area contributed by atoms with Gasteiger partial charge in [-0.1, -0.05) is 12.7 Å². The van der Waals surface area contributed by atoms with E-state index in [1.807, 2.05) is 4.90 Å². The summed E-state index contributed by atoms with van der Waals surface area (Å²) in [5.74, 6) is -0.816. The molecule has 18 heavy (non-hydrogen) atoms. The van der Waals surface area contributed by atoms with Gasteiger partial charge in [0.15, 0.2) is 0 Å². The van der Waals surface area contributed by atoms with Crippen LogP contribution in [0.4, 0.5) is 4.79 Å². The van der Waals surface area contributed by atoms with Crippen LogP contribution in [0.25, 0.3) is 0 Å². The molecule has 1 N–H and O–H groups in total. The van der Waals surface area contributed by atoms with E-state index < -0.39 is 5.97 Å². The summed E-state index contributed by atoms with van der Waals surface area (Å²) < 4.78 is 5.03. The highest BCUT2D eigenvalue weighted by atomic mass is 16.6. The first kappa shape index (κ1) is 12.9. The van der Waals surface area contributed by atoms with E-state index in [0.29, 0.717) is 13.1 Å². The molecule has 0 spiro atoms. The lowest BCUT2D eigenvalue weighted by atomic mass is 9.91. The van der Waals surface area contributed by atoms with Gasteiger partial charge in [-0.15, -0.1) is 0 Å². The summed E-state index contributed by atoms with van der Waals surface area (Å²) in [4.78, 5) is 26.2. The van der Waals surface area contributed by atoms with Crippen molar-refractivity contribution in [3.8, 4) is 0 Å². The minimum atomic E-state index is -0.816. The van der Waals surface area contributed by atoms with Crippen LogP contribution in [0, 0.1) is 0 Å². The van der Waals surface area contributed by atoms with E-state index in [0.717, 1.165) is 12.8 Å². The maximum Gasteiger partial charge on any atom is 0.410 e. The highest BCUT2D eigenvalue weighted by molar-refractivity contribution is 5.70. The Bertz CT molecular complexity index is 358. The van der Waals surface area contributed by atoms with Gasteiger partial charge in [0.25, 0.3) is 0 Å². The Labute approximate surface area is 106 Å². The van der Waals surface area contributed by atoms with Crippen LogP contribution >= 0.6 is 0 Å². The van der Waals surface area contributed by atoms with Gasteiger partial charge in [-0.2, -0.15) is 0 Å². The largest absolute Gasteiger partial charge is 0.480 e. The van der Waals surface area contributed by atoms with Gasteiger partial charge in [-0.3, -0.25) is 9.69 Å². The minimum absolute atomic E-state index is 0.0523. The molecule has 6 nitrogen and oxygen atoms in total. The van der Waals surface area contributed by atoms with E-state index in [1.165, 1.54) is 6.08 Å². The number of nitrogens with zero attached hydrogens (tertiary/aromatic N) is 2. The smallest absolute Gasteiger partial charge is 0.410 e. The number of fused-ring (bicyclic) bond motifs is 3. The summed E-state index contributed by atoms with van der Waals surface area (Å²) in [5.41, 5.74) is 0. The number of carbonyl (C=O) groups excluding carboxylic acids is 1. The molecule has 2 atom stereocenters. The second kappa shape index (κ2) is 5.39. The maximum absolute atomic E-state index is 11.8. The summed E-state index contributed by atoms with van der Waals surface area (Å²) in [7, 11) is 0. The van der Waals surface area contributed by atoms with Crippen molar-refractivity contribution in [2.75, 3.05) is 26.2 Å². The molecule has 6 heteroatoms. The first-order valence-electron chi connectivity index (χ1n) is 6.12. The normalized spacial score (nSPS) is 27.0. The van der Waals surface area contributed by atoms with Gasteiger partial charge < -0.3 is 14.7 Å². The van der Waals surface area contributed by atoms with Crippen molar-refractivity contribution in [1.82, 2.24) is 9.80 Å². The van der Waals surface area contributed by atoms with Gasteiger partial charge >= 0.3 is 12.1 Å². The molecule has 3 saturated heterocycles. The average Bonchev–Trinajstić information content (AvgIpc) is 2.36. The van der Waals surface area contributed by atoms with Crippen LogP contribution in [-0.4, -0.2) is 65.3 Å². The molecule has 2 bridgehead atoms. The van der Waals surface area contributed by atoms with E-state index in [4.69, 9.17) is 9.84 Å². The fraction of sp³-hybridized carbons (Fsp3) is 0.667. The van der Waals surface area contributed by atoms with Crippen LogP contribution in [-0.2, 0) is 9.53 Å². The molecule has 0 saturated carbocycles. The number of rotatable bonds is 4. The fourth-order valence-electron chi connectivity index (χ4n) is 2.72. The fourth-order valence-corrected chi connectivity index (χ4v) is 2.72. The molecule has 0 aromatic carbocycles. The summed E-state index contributed by atoms with van der Waals surface area (Å²) in [6.07, 6.45) is 3.09. The predicted octanol–water partition coefficient (Wildman–Crippen LogP) is 0.542. The second-order valence-corrected chi connectivity index (χ2v) is 4.73. The van der Waals surface area contributed by atoms with Gasteiger partial charge in [0, 0.05) is 25.2 Å². The molecule has 2 unspecified atom stereocenters. The van der Waals surface area contributed by atoms with E-state index in [9.17, 15) is 9.59 Å². The third-order valence-corrected chi connectivity index (χ3v) is 3.54. The van der Waals surface area contributed by atoms with Crippen molar-refractivity contribution in [2.24, 2.45) is 0 Å². The van der Waals surface area contributed by atoms with E-state index >= 15 is 0 Å². The molecule has 3 rings (SSSR count). The predicted molar refractivity (Wildman–Crippen MR) is 64.3 cm³/mol. The van der Waals surface area contributed by atoms with Gasteiger partial charge in [0.2, 0.25) is 0 Å². The molecule has 3 heterocycles. The second-order valence-electron chi connectivity index (χ2n) is 4.73. The third kappa shape index (κ3) is 2.64. The molecule has 0 aromatic heterocycles. The SMILES string of the molecule is C=CCOC(=O)N1CC2CCC1CN2CC(=O)O. The molecule has 100 valence electrons. The van der Waals surface area contributed by atoms with Crippen molar-refractivity contribution < 1.29 is 19.4 Å². The summed E-state index contributed by atoms with van der Waals surface area (Å²) >= 11 is 0. The van der Waals surface area contributed by atoms with Crippen molar-refractivity contribution in [1.29, 1.82) is 0 Å². The van der Waals surface area contributed by atoms with E-state index in [2.05, 4.69) is 6.58 Å². The van der Waals surface area contributed by atoms with Crippen molar-refractivity contribution in [3.63, 3.8) is 0 Å². The van der Waals surface area contributed by atoms with Gasteiger partial charge in [-0.05, 0) is 12.8 Å². The number of carboxylic acid groups (broad SMARTS) is 1. The van der Waals surface area contributed by atoms with Crippen LogP contribution in [0.5, 0.6) is 0 Å². The number of hydrogen-bond acceptors (Lipinski definition) is 4. The zero-order chi connectivity index (χ0) is 13.1. The number of ether oxygens (including phenoxy) is 1. The molecular formula is C12H18N2O4. The van der Waals surface area contributed by atoms with Crippen LogP contribution in [0.2, 0.25) is 0 Å². The number of hydrogen-bond donors (Lipinski definition) is 1. The summed E-state index contributed by atoms with van der Waals surface area (Å²) in [6, 6.07) is 0.217. The van der Waals surface area contributed by atoms with Crippen LogP contribution < -0.4 is 0 Å². The Kier molecular flexibility index (Phi) is 3.86. The highest BCUT2D eigenvalue weighted by Crippen LogP contribution is 2.28. The monoisotopic (exact) mass is 254 g/mol. The Morgan fingerprint density at radius 3 is 2.61 bits per heavy atom. The zero-order valence-corrected chi connectivity index (χ0v) is 10.2. The lowest BCUT2D eigenvalue weighted by molar-refractivity contribution is -0.141. The average molecular weight is 254 g/mol. The van der Waals surface area contributed by atoms with Crippen molar-refractivity contribution in [3.05, 3.63) is 12.7 Å². The molecular weight excluding hydrogens is 236 g/mol. The van der Waals surface area contributed by atoms with Gasteiger partial charge in [0.05, 0.1) is 6.54 Å². The number of carboxylic acids is 1. The third-order valence-electron chi connectivity index (χ3n) is 3.54. The Morgan fingerprint density at radius 2 is 2.06 bits per heavy atom. The van der Waals surface area contributed by atoms with Crippen molar-refractivity contribution in [2.45, 2.75) is 24.9 Å². The topological polar surface area (TPSA) is 70.1 Å². The zero-order valence-electron chi connectivity index (χ0n) is 10.2. The first-order chi connectivity index (χ1) is 8.61. The van der Waals surface area contributed by atoms with Crippen LogP contribution in [0.3, 0.4) is 0 Å². The summed E-state index contributed by atoms with van der Waals surface area (Å²) in [6.45, 7) is 4.96. The number of amides is 1. The number of piperidine rings is 2. The maximum atomic E-state index is 11.8. The lowest BCUT2D eigenvalue weighted by Crippen LogP contribution is -2.64. The molecule has 0 aromatic rings. The molecule has 0 radical (unpaired) electrons. The number of piperazine rings is 1. The molecule has 3 aliphatic heterocycles. The molecule has 0 aliphatic carbocycles. The number of aliphatic carboxylic acids is 1. The lowest BCUT2D eigenvalue weighted by Gasteiger charge is -2.50. The van der Waals surface area contributed by atoms with Crippen LogP contribution in [0.1, 0.15) is 12.8 Å². The van der Waals surface area contributed by atoms with E-state index in [-0.39, 0.29) is 31.3 Å². The van der Waals surface area contributed by atoms with Gasteiger partial charge in [-0.25, -0.2) is 4.79 Å². The molecule has 1 amide bonds. The van der Waals surface area contributed by atoms with Crippen molar-refractivity contribution >= 4 is 12.1 Å². The highest BCUT2D eigenvalue weighted by Gasteiger charge is 2.42. The van der Waals surface area contributed by atoms with Gasteiger partial charge in [0.1, 0.15) is 6.61 Å². The standard InChI is InChI=1S/C12H18N2O4/c1-2-5-18-12(17)14-7-9-3-4-10(14)6-13(9)8-11(15)16/h2,9-10H,1,3-8H2,(H,15,16). The molecule has 3 aliphatic rings. The summed E-state index contributed by atoms with van der Waals surface area (Å²) in [5, 5.41) is 8.83. The Morgan fingerprint density at radius 1 is 1.33 bits per heavy atom. The quantitative estimate of drug-likeness (QED) is 0.742. The first-order valence-corrected chi connectivity index (χ1v) is 6.12. The van der Waals surface area contributed by atoms with Crippen LogP contribution in [0.15, 0.2) is 12.7 Å². The Balaban J connectivity index is 1.94. The van der Waals surface area contributed by atoms with E-state index in [1.54, 1.807) is 4.90 Å². The minimum Gasteiger partial charge on any atom is -0.480 e. The Hall–Kier alpha value is -1.56.